The molecule has 0 bridgehead atoms. The fraction of sp³-hybridized carbons (Fsp3) is 0.286. The molecule has 2 aliphatic heterocycles. The van der Waals surface area contributed by atoms with Gasteiger partial charge in [0.05, 0.1) is 17.6 Å². The van der Waals surface area contributed by atoms with Crippen LogP contribution in [0.3, 0.4) is 0 Å². The Morgan fingerprint density at radius 1 is 0.882 bits per heavy atom. The van der Waals surface area contributed by atoms with Gasteiger partial charge in [0.2, 0.25) is 11.9 Å². The molecule has 0 atom stereocenters. The van der Waals surface area contributed by atoms with Crippen LogP contribution in [-0.2, 0) is 24.4 Å². The molecule has 5 nitrogen and oxygen atoms in total. The number of hydrogen-bond acceptors (Lipinski definition) is 3. The summed E-state index contributed by atoms with van der Waals surface area (Å²) in [6.45, 7) is 3.67. The van der Waals surface area contributed by atoms with E-state index in [0.717, 1.165) is 61.6 Å². The fourth-order valence-electron chi connectivity index (χ4n) is 5.31. The lowest BCUT2D eigenvalue weighted by atomic mass is 9.95. The van der Waals surface area contributed by atoms with Gasteiger partial charge in [-0.15, -0.1) is 0 Å². The smallest absolute Gasteiger partial charge is 0.226 e. The number of imidazole rings is 1. The van der Waals surface area contributed by atoms with Crippen LogP contribution in [0, 0.1) is 11.7 Å². The van der Waals surface area contributed by atoms with Crippen molar-refractivity contribution in [2.24, 2.45) is 5.92 Å². The summed E-state index contributed by atoms with van der Waals surface area (Å²) in [4.78, 5) is 22.5. The second-order valence-corrected chi connectivity index (χ2v) is 9.34. The standard InChI is InChI=1S/C28H27FN4O/c29-24-11-9-20(10-12-24)17-33-26-8-4-3-7-25(26)30-28(33)31-15-13-21(14-16-31)27(34)32-18-22-5-1-2-6-23(22)19-32/h1-12,21H,13-19H2. The van der Waals surface area contributed by atoms with E-state index in [4.69, 9.17) is 4.98 Å². The number of amides is 1. The molecular weight excluding hydrogens is 427 g/mol. The average molecular weight is 455 g/mol. The van der Waals surface area contributed by atoms with Crippen molar-refractivity contribution < 1.29 is 9.18 Å². The fourth-order valence-corrected chi connectivity index (χ4v) is 5.31. The third kappa shape index (κ3) is 3.83. The van der Waals surface area contributed by atoms with Crippen molar-refractivity contribution in [2.45, 2.75) is 32.5 Å². The number of rotatable bonds is 4. The van der Waals surface area contributed by atoms with Gasteiger partial charge in [-0.2, -0.15) is 0 Å². The molecule has 0 radical (unpaired) electrons. The van der Waals surface area contributed by atoms with Gasteiger partial charge in [0.25, 0.3) is 0 Å². The summed E-state index contributed by atoms with van der Waals surface area (Å²) in [6, 6.07) is 23.1. The van der Waals surface area contributed by atoms with Gasteiger partial charge in [-0.05, 0) is 53.8 Å². The first-order chi connectivity index (χ1) is 16.7. The highest BCUT2D eigenvalue weighted by molar-refractivity contribution is 5.81. The zero-order valence-corrected chi connectivity index (χ0v) is 19.0. The number of nitrogens with zero attached hydrogens (tertiary/aromatic N) is 4. The second-order valence-electron chi connectivity index (χ2n) is 9.34. The number of para-hydroxylation sites is 2. The molecule has 0 spiro atoms. The van der Waals surface area contributed by atoms with E-state index in [-0.39, 0.29) is 17.6 Å². The van der Waals surface area contributed by atoms with Crippen LogP contribution < -0.4 is 4.90 Å². The summed E-state index contributed by atoms with van der Waals surface area (Å²) >= 11 is 0. The Labute approximate surface area is 198 Å². The molecule has 1 aromatic heterocycles. The summed E-state index contributed by atoms with van der Waals surface area (Å²) in [6.07, 6.45) is 1.65. The molecule has 1 amide bonds. The van der Waals surface area contributed by atoms with Crippen LogP contribution in [0.4, 0.5) is 10.3 Å². The Bertz CT molecular complexity index is 1310. The van der Waals surface area contributed by atoms with E-state index in [9.17, 15) is 9.18 Å². The predicted octanol–water partition coefficient (Wildman–Crippen LogP) is 4.98. The highest BCUT2D eigenvalue weighted by atomic mass is 19.1. The van der Waals surface area contributed by atoms with Crippen molar-refractivity contribution in [1.82, 2.24) is 14.5 Å². The van der Waals surface area contributed by atoms with Crippen LogP contribution in [0.5, 0.6) is 0 Å². The molecule has 3 heterocycles. The molecule has 4 aromatic rings. The minimum Gasteiger partial charge on any atom is -0.342 e. The highest BCUT2D eigenvalue weighted by Crippen LogP contribution is 2.31. The van der Waals surface area contributed by atoms with Crippen LogP contribution in [-0.4, -0.2) is 33.4 Å². The van der Waals surface area contributed by atoms with Gasteiger partial charge >= 0.3 is 0 Å². The molecular formula is C28H27FN4O. The van der Waals surface area contributed by atoms with E-state index in [1.807, 2.05) is 47.4 Å². The van der Waals surface area contributed by atoms with Crippen LogP contribution in [0.1, 0.15) is 29.5 Å². The Kier molecular flexibility index (Phi) is 5.28. The summed E-state index contributed by atoms with van der Waals surface area (Å²) in [7, 11) is 0. The van der Waals surface area contributed by atoms with Gasteiger partial charge in [-0.3, -0.25) is 4.79 Å². The SMILES string of the molecule is O=C(C1CCN(c2nc3ccccc3n2Cc2ccc(F)cc2)CC1)N1Cc2ccccc2C1. The monoisotopic (exact) mass is 454 g/mol. The lowest BCUT2D eigenvalue weighted by molar-refractivity contribution is -0.136. The van der Waals surface area contributed by atoms with Crippen LogP contribution in [0.15, 0.2) is 72.8 Å². The van der Waals surface area contributed by atoms with Gasteiger partial charge in [0, 0.05) is 32.1 Å². The Balaban J connectivity index is 1.19. The highest BCUT2D eigenvalue weighted by Gasteiger charge is 2.32. The van der Waals surface area contributed by atoms with E-state index in [0.29, 0.717) is 6.54 Å². The van der Waals surface area contributed by atoms with Crippen molar-refractivity contribution in [1.29, 1.82) is 0 Å². The van der Waals surface area contributed by atoms with Crippen molar-refractivity contribution >= 4 is 22.9 Å². The molecule has 172 valence electrons. The van der Waals surface area contributed by atoms with Crippen molar-refractivity contribution in [2.75, 3.05) is 18.0 Å². The maximum Gasteiger partial charge on any atom is 0.226 e. The minimum absolute atomic E-state index is 0.0560. The summed E-state index contributed by atoms with van der Waals surface area (Å²) < 4.78 is 15.6. The largest absolute Gasteiger partial charge is 0.342 e. The first-order valence-electron chi connectivity index (χ1n) is 12.0. The number of piperidine rings is 1. The normalized spacial score (nSPS) is 16.3. The number of aromatic nitrogens is 2. The first-order valence-corrected chi connectivity index (χ1v) is 12.0. The van der Waals surface area contributed by atoms with Gasteiger partial charge in [-0.25, -0.2) is 9.37 Å². The zero-order chi connectivity index (χ0) is 23.1. The van der Waals surface area contributed by atoms with Gasteiger partial charge in [0.1, 0.15) is 5.82 Å². The molecule has 34 heavy (non-hydrogen) atoms. The summed E-state index contributed by atoms with van der Waals surface area (Å²) in [5, 5.41) is 0. The molecule has 6 rings (SSSR count). The number of carbonyl (C=O) groups excluding carboxylic acids is 1. The molecule has 0 N–H and O–H groups in total. The third-order valence-electron chi connectivity index (χ3n) is 7.17. The average Bonchev–Trinajstić information content (AvgIpc) is 3.47. The molecule has 0 saturated carbocycles. The Morgan fingerprint density at radius 3 is 2.24 bits per heavy atom. The minimum atomic E-state index is -0.229. The molecule has 0 aliphatic carbocycles. The van der Waals surface area contributed by atoms with Crippen molar-refractivity contribution in [3.05, 3.63) is 95.3 Å². The lowest BCUT2D eigenvalue weighted by Crippen LogP contribution is -2.41. The molecule has 3 aromatic carbocycles. The van der Waals surface area contributed by atoms with Gasteiger partial charge in [-0.1, -0.05) is 48.5 Å². The van der Waals surface area contributed by atoms with Crippen LogP contribution >= 0.6 is 0 Å². The van der Waals surface area contributed by atoms with Crippen LogP contribution in [0.25, 0.3) is 11.0 Å². The van der Waals surface area contributed by atoms with Crippen LogP contribution in [0.2, 0.25) is 0 Å². The summed E-state index contributed by atoms with van der Waals surface area (Å²) in [5.41, 5.74) is 5.58. The topological polar surface area (TPSA) is 41.4 Å². The van der Waals surface area contributed by atoms with E-state index < -0.39 is 0 Å². The molecule has 6 heteroatoms. The lowest BCUT2D eigenvalue weighted by Gasteiger charge is -2.34. The Morgan fingerprint density at radius 2 is 1.53 bits per heavy atom. The number of fused-ring (bicyclic) bond motifs is 2. The number of halogens is 1. The number of carbonyl (C=O) groups is 1. The zero-order valence-electron chi connectivity index (χ0n) is 19.0. The van der Waals surface area contributed by atoms with E-state index >= 15 is 0 Å². The maximum atomic E-state index is 13.4. The van der Waals surface area contributed by atoms with Crippen molar-refractivity contribution in [3.8, 4) is 0 Å². The van der Waals surface area contributed by atoms with E-state index in [1.165, 1.54) is 23.3 Å². The summed E-state index contributed by atoms with van der Waals surface area (Å²) in [5.74, 6) is 1.02. The van der Waals surface area contributed by atoms with E-state index in [1.54, 1.807) is 0 Å². The van der Waals surface area contributed by atoms with Crippen molar-refractivity contribution in [3.63, 3.8) is 0 Å². The number of benzene rings is 3. The molecule has 1 fully saturated rings. The van der Waals surface area contributed by atoms with E-state index in [2.05, 4.69) is 27.7 Å². The van der Waals surface area contributed by atoms with Gasteiger partial charge < -0.3 is 14.4 Å². The maximum absolute atomic E-state index is 13.4. The second kappa shape index (κ2) is 8.60. The quantitative estimate of drug-likeness (QED) is 0.437. The molecule has 2 aliphatic rings. The third-order valence-corrected chi connectivity index (χ3v) is 7.17. The molecule has 1 saturated heterocycles. The van der Waals surface area contributed by atoms with Gasteiger partial charge in [0.15, 0.2) is 0 Å². The first kappa shape index (κ1) is 20.9. The Hall–Kier alpha value is -3.67. The number of hydrogen-bond donors (Lipinski definition) is 0. The number of anilines is 1. The predicted molar refractivity (Wildman–Crippen MR) is 131 cm³/mol. The molecule has 0 unspecified atom stereocenters.